The fourth-order valence-corrected chi connectivity index (χ4v) is 4.51. The fourth-order valence-electron chi connectivity index (χ4n) is 4.51. The number of halogens is 1. The lowest BCUT2D eigenvalue weighted by atomic mass is 10.1. The van der Waals surface area contributed by atoms with Gasteiger partial charge in [-0.1, -0.05) is 32.4 Å². The Morgan fingerprint density at radius 2 is 1.82 bits per heavy atom. The third-order valence-electron chi connectivity index (χ3n) is 7.09. The van der Waals surface area contributed by atoms with Crippen LogP contribution in [0.2, 0.25) is 0 Å². The molecule has 0 bridgehead atoms. The van der Waals surface area contributed by atoms with Gasteiger partial charge in [-0.05, 0) is 56.7 Å². The summed E-state index contributed by atoms with van der Waals surface area (Å²) >= 11 is 0. The summed E-state index contributed by atoms with van der Waals surface area (Å²) in [4.78, 5) is 29.9. The highest BCUT2D eigenvalue weighted by Gasteiger charge is 2.32. The van der Waals surface area contributed by atoms with Gasteiger partial charge in [0, 0.05) is 39.4 Å². The molecule has 0 aromatic heterocycles. The third-order valence-corrected chi connectivity index (χ3v) is 7.09. The van der Waals surface area contributed by atoms with Gasteiger partial charge in [-0.3, -0.25) is 9.59 Å². The van der Waals surface area contributed by atoms with Crippen LogP contribution in [0.15, 0.2) is 24.3 Å². The number of carbonyl (C=O) groups excluding carboxylic acids is 2. The van der Waals surface area contributed by atoms with Crippen LogP contribution in [0.25, 0.3) is 0 Å². The highest BCUT2D eigenvalue weighted by molar-refractivity contribution is 5.94. The average molecular weight is 569 g/mol. The van der Waals surface area contributed by atoms with E-state index in [1.807, 2.05) is 13.8 Å². The number of rotatable bonds is 10. The number of aliphatic hydroxyl groups excluding tert-OH is 2. The van der Waals surface area contributed by atoms with Crippen LogP contribution in [0.1, 0.15) is 62.7 Å². The number of benzene rings is 1. The van der Waals surface area contributed by atoms with Gasteiger partial charge in [0.15, 0.2) is 0 Å². The quantitative estimate of drug-likeness (QED) is 0.310. The van der Waals surface area contributed by atoms with Crippen LogP contribution < -0.4 is 11.5 Å². The van der Waals surface area contributed by atoms with Crippen molar-refractivity contribution in [2.45, 2.75) is 76.7 Å². The lowest BCUT2D eigenvalue weighted by molar-refractivity contribution is -0.133. The van der Waals surface area contributed by atoms with Gasteiger partial charge in [0.2, 0.25) is 5.91 Å². The molecule has 1 aromatic rings. The first kappa shape index (κ1) is 34.1. The van der Waals surface area contributed by atoms with Crippen LogP contribution in [0, 0.1) is 11.7 Å². The molecule has 10 nitrogen and oxygen atoms in total. The topological polar surface area (TPSA) is 152 Å². The molecule has 0 saturated carbocycles. The molecule has 1 aliphatic rings. The maximum atomic E-state index is 14.7. The molecule has 4 atom stereocenters. The van der Waals surface area contributed by atoms with Gasteiger partial charge in [0.1, 0.15) is 24.1 Å². The van der Waals surface area contributed by atoms with E-state index >= 15 is 0 Å². The molecule has 11 heteroatoms. The largest absolute Gasteiger partial charge is 0.388 e. The Kier molecular flexibility index (Phi) is 15.6. The summed E-state index contributed by atoms with van der Waals surface area (Å²) in [6.45, 7) is 5.68. The molecule has 0 aliphatic carbocycles. The van der Waals surface area contributed by atoms with E-state index in [9.17, 15) is 24.2 Å². The molecule has 2 amide bonds. The second kappa shape index (κ2) is 18.3. The Balaban J connectivity index is 2.34. The van der Waals surface area contributed by atoms with E-state index in [4.69, 9.17) is 20.9 Å². The van der Waals surface area contributed by atoms with E-state index in [0.29, 0.717) is 57.9 Å². The second-order valence-corrected chi connectivity index (χ2v) is 10.9. The van der Waals surface area contributed by atoms with Crippen molar-refractivity contribution in [2.24, 2.45) is 17.4 Å². The monoisotopic (exact) mass is 568 g/mol. The summed E-state index contributed by atoms with van der Waals surface area (Å²) in [7, 11) is 0. The second-order valence-electron chi connectivity index (χ2n) is 10.9. The molecule has 2 rings (SSSR count). The average Bonchev–Trinajstić information content (AvgIpc) is 2.93. The van der Waals surface area contributed by atoms with Gasteiger partial charge in [0.05, 0.1) is 18.2 Å². The molecule has 6 N–H and O–H groups in total. The third kappa shape index (κ3) is 11.4. The first-order chi connectivity index (χ1) is 19.1. The molecule has 1 saturated heterocycles. The smallest absolute Gasteiger partial charge is 0.256 e. The Labute approximate surface area is 237 Å². The number of hydrogen-bond donors (Lipinski definition) is 4. The first-order valence-electron chi connectivity index (χ1n) is 14.5. The summed E-state index contributed by atoms with van der Waals surface area (Å²) in [6.07, 6.45) is 0.433. The summed E-state index contributed by atoms with van der Waals surface area (Å²) in [5.74, 6) is -1.15. The van der Waals surface area contributed by atoms with Gasteiger partial charge in [-0.25, -0.2) is 4.39 Å². The van der Waals surface area contributed by atoms with Gasteiger partial charge in [0.25, 0.3) is 5.91 Å². The standard InChI is InChI=1S/C29H49FN4O6/c1-21(2)12-18-40-26-19-34(28(37)22-9-3-4-10-23(22)30)16-15-33(29(38)24(32)11-5-6-13-31)14-7-8-17-39-20-25(35)27(26)36/h3-4,9-10,21,24-27,35-36H,5-8,11-20,31-32H2,1-2H3/t24-,25+,26+,27+/m0/s1. The summed E-state index contributed by atoms with van der Waals surface area (Å²) < 4.78 is 26.2. The Bertz CT molecular complexity index is 892. The number of amides is 2. The Hall–Kier alpha value is -2.15. The van der Waals surface area contributed by atoms with Gasteiger partial charge in [-0.15, -0.1) is 0 Å². The summed E-state index contributed by atoms with van der Waals surface area (Å²) in [6, 6.07) is 4.98. The predicted molar refractivity (Wildman–Crippen MR) is 151 cm³/mol. The lowest BCUT2D eigenvalue weighted by Gasteiger charge is -2.34. The van der Waals surface area contributed by atoms with Crippen molar-refractivity contribution < 1.29 is 33.7 Å². The van der Waals surface area contributed by atoms with E-state index < -0.39 is 36.1 Å². The molecule has 228 valence electrons. The SMILES string of the molecule is CC(C)CCO[C@@H]1CN(C(=O)c2ccccc2F)CCN(C(=O)[C@@H](N)CCCCN)CCCCOC[C@@H](O)[C@H]1O. The molecule has 1 aromatic carbocycles. The summed E-state index contributed by atoms with van der Waals surface area (Å²) in [5.41, 5.74) is 11.7. The van der Waals surface area contributed by atoms with Crippen molar-refractivity contribution in [1.82, 2.24) is 9.80 Å². The zero-order valence-electron chi connectivity index (χ0n) is 24.1. The lowest BCUT2D eigenvalue weighted by Crippen LogP contribution is -2.52. The maximum Gasteiger partial charge on any atom is 0.256 e. The first-order valence-corrected chi connectivity index (χ1v) is 14.5. The summed E-state index contributed by atoms with van der Waals surface area (Å²) in [5, 5.41) is 21.6. The number of carbonyl (C=O) groups is 2. The molecular formula is C29H49FN4O6. The van der Waals surface area contributed by atoms with Crippen LogP contribution >= 0.6 is 0 Å². The van der Waals surface area contributed by atoms with Crippen molar-refractivity contribution in [3.8, 4) is 0 Å². The Morgan fingerprint density at radius 1 is 1.10 bits per heavy atom. The highest BCUT2D eigenvalue weighted by atomic mass is 19.1. The molecule has 1 aliphatic heterocycles. The minimum absolute atomic E-state index is 0.0672. The van der Waals surface area contributed by atoms with Gasteiger partial charge < -0.3 is 41.0 Å². The van der Waals surface area contributed by atoms with E-state index in [1.165, 1.54) is 23.1 Å². The maximum absolute atomic E-state index is 14.7. The van der Waals surface area contributed by atoms with Crippen LogP contribution in [-0.4, -0.2) is 109 Å². The van der Waals surface area contributed by atoms with Crippen LogP contribution in [0.3, 0.4) is 0 Å². The molecule has 40 heavy (non-hydrogen) atoms. The number of ether oxygens (including phenoxy) is 2. The van der Waals surface area contributed by atoms with Gasteiger partial charge >= 0.3 is 0 Å². The number of unbranched alkanes of at least 4 members (excludes halogenated alkanes) is 1. The highest BCUT2D eigenvalue weighted by Crippen LogP contribution is 2.16. The number of hydrogen-bond acceptors (Lipinski definition) is 8. The molecule has 1 fully saturated rings. The van der Waals surface area contributed by atoms with Crippen molar-refractivity contribution in [2.75, 3.05) is 52.5 Å². The molecule has 0 spiro atoms. The minimum atomic E-state index is -1.35. The fraction of sp³-hybridized carbons (Fsp3) is 0.724. The van der Waals surface area contributed by atoms with E-state index in [-0.39, 0.29) is 37.7 Å². The normalized spacial score (nSPS) is 22.6. The number of nitrogens with zero attached hydrogens (tertiary/aromatic N) is 2. The molecule has 0 unspecified atom stereocenters. The predicted octanol–water partition coefficient (Wildman–Crippen LogP) is 1.52. The molecular weight excluding hydrogens is 519 g/mol. The van der Waals surface area contributed by atoms with E-state index in [0.717, 1.165) is 12.8 Å². The van der Waals surface area contributed by atoms with E-state index in [1.54, 1.807) is 11.0 Å². The molecule has 1 heterocycles. The van der Waals surface area contributed by atoms with Crippen LogP contribution in [-0.2, 0) is 14.3 Å². The van der Waals surface area contributed by atoms with Crippen molar-refractivity contribution >= 4 is 11.8 Å². The number of aliphatic hydroxyl groups is 2. The van der Waals surface area contributed by atoms with Crippen LogP contribution in [0.4, 0.5) is 4.39 Å². The zero-order valence-corrected chi connectivity index (χ0v) is 24.1. The number of nitrogens with two attached hydrogens (primary N) is 2. The van der Waals surface area contributed by atoms with Crippen molar-refractivity contribution in [3.05, 3.63) is 35.6 Å². The molecule has 0 radical (unpaired) electrons. The van der Waals surface area contributed by atoms with Gasteiger partial charge in [-0.2, -0.15) is 0 Å². The zero-order chi connectivity index (χ0) is 29.5. The van der Waals surface area contributed by atoms with E-state index in [2.05, 4.69) is 0 Å². The Morgan fingerprint density at radius 3 is 2.52 bits per heavy atom. The van der Waals surface area contributed by atoms with Crippen LogP contribution in [0.5, 0.6) is 0 Å². The minimum Gasteiger partial charge on any atom is -0.388 e. The van der Waals surface area contributed by atoms with Crippen molar-refractivity contribution in [3.63, 3.8) is 0 Å². The van der Waals surface area contributed by atoms with Crippen molar-refractivity contribution in [1.29, 1.82) is 0 Å².